The third kappa shape index (κ3) is 52.1. The largest absolute Gasteiger partial charge is 0.756 e. The molecule has 0 aliphatic carbocycles. The SMILES string of the molecule is CC/C=C\C/C=C\C/C=C\C/C=C\C/C=C\CCCC(=O)OC(/C=C/CCCCCCCCCCC)C(COP(=O)([O-])OCC[N+](C)(C)C)NC(=O)CCCCCCCCCCCCCCCCCCC. The maximum absolute atomic E-state index is 13.5. The summed E-state index contributed by atoms with van der Waals surface area (Å²) < 4.78 is 30.2. The molecule has 0 fully saturated rings. The van der Waals surface area contributed by atoms with E-state index in [0.29, 0.717) is 23.9 Å². The highest BCUT2D eigenvalue weighted by molar-refractivity contribution is 7.45. The Morgan fingerprint density at radius 2 is 0.915 bits per heavy atom. The lowest BCUT2D eigenvalue weighted by Crippen LogP contribution is -2.47. The molecule has 0 aromatic heterocycles. The van der Waals surface area contributed by atoms with Gasteiger partial charge < -0.3 is 28.5 Å². The number of ether oxygens (including phenoxy) is 1. The van der Waals surface area contributed by atoms with Crippen molar-refractivity contribution >= 4 is 19.7 Å². The average Bonchev–Trinajstić information content (AvgIpc) is 3.33. The Balaban J connectivity index is 5.37. The van der Waals surface area contributed by atoms with Crippen LogP contribution in [-0.2, 0) is 27.9 Å². The predicted octanol–water partition coefficient (Wildman–Crippen LogP) is 17.0. The number of likely N-dealkylation sites (N-methyl/N-ethyl adjacent to an activating group) is 1. The number of nitrogens with zero attached hydrogens (tertiary/aromatic N) is 1. The number of phosphoric acid groups is 1. The molecule has 0 saturated carbocycles. The van der Waals surface area contributed by atoms with E-state index in [1.807, 2.05) is 33.3 Å². The van der Waals surface area contributed by atoms with Crippen LogP contribution in [0.3, 0.4) is 0 Å². The molecule has 10 heteroatoms. The van der Waals surface area contributed by atoms with Crippen LogP contribution in [0.25, 0.3) is 0 Å². The number of unbranched alkanes of at least 4 members (excludes halogenated alkanes) is 26. The first-order chi connectivity index (χ1) is 34.4. The Morgan fingerprint density at radius 3 is 1.37 bits per heavy atom. The number of carbonyl (C=O) groups is 2. The molecule has 71 heavy (non-hydrogen) atoms. The topological polar surface area (TPSA) is 114 Å². The fourth-order valence-electron chi connectivity index (χ4n) is 8.15. The van der Waals surface area contributed by atoms with E-state index < -0.39 is 32.5 Å². The van der Waals surface area contributed by atoms with Crippen LogP contribution < -0.4 is 10.2 Å². The average molecular weight is 1020 g/mol. The summed E-state index contributed by atoms with van der Waals surface area (Å²) in [7, 11) is 1.15. The zero-order valence-corrected chi connectivity index (χ0v) is 47.8. The number of carbonyl (C=O) groups excluding carboxylic acids is 2. The molecule has 0 radical (unpaired) electrons. The first-order valence-electron chi connectivity index (χ1n) is 29.2. The van der Waals surface area contributed by atoms with Crippen molar-refractivity contribution < 1.29 is 37.3 Å². The second-order valence-corrected chi connectivity index (χ2v) is 22.2. The highest BCUT2D eigenvalue weighted by Crippen LogP contribution is 2.38. The van der Waals surface area contributed by atoms with Gasteiger partial charge in [-0.3, -0.25) is 14.2 Å². The van der Waals surface area contributed by atoms with Gasteiger partial charge in [-0.25, -0.2) is 0 Å². The van der Waals surface area contributed by atoms with Gasteiger partial charge >= 0.3 is 5.97 Å². The molecule has 0 aromatic rings. The summed E-state index contributed by atoms with van der Waals surface area (Å²) in [6, 6.07) is -0.910. The minimum atomic E-state index is -4.71. The van der Waals surface area contributed by atoms with Crippen LogP contribution in [0.4, 0.5) is 0 Å². The van der Waals surface area contributed by atoms with Gasteiger partial charge in [-0.2, -0.15) is 0 Å². The van der Waals surface area contributed by atoms with Crippen molar-refractivity contribution in [3.05, 3.63) is 72.9 Å². The van der Waals surface area contributed by atoms with Crippen LogP contribution in [0.2, 0.25) is 0 Å². The van der Waals surface area contributed by atoms with Crippen molar-refractivity contribution in [3.63, 3.8) is 0 Å². The second kappa shape index (κ2) is 51.0. The van der Waals surface area contributed by atoms with E-state index >= 15 is 0 Å². The molecule has 3 unspecified atom stereocenters. The number of hydrogen-bond acceptors (Lipinski definition) is 7. The standard InChI is InChI=1S/C61H111N2O7P/c1-7-10-13-16-19-22-25-27-29-31-33-35-38-41-44-47-50-53-60(64)62-58(57-69-71(66,67)68-56-55-63(4,5)6)59(52-49-46-43-40-37-24-21-18-15-12-9-3)70-61(65)54-51-48-45-42-39-36-34-32-30-28-26-23-20-17-14-11-8-2/h11,14,20,23,28,30,34,36,42,45,49,52,58-59H,7-10,12-13,15-19,21-22,24-27,29,31-33,35,37-41,43-44,46-48,50-51,53-57H2,1-6H3,(H-,62,64,66,67)/b14-11-,23-20-,30-28-,36-34-,45-42-,52-49+. The van der Waals surface area contributed by atoms with Crippen molar-refractivity contribution in [2.24, 2.45) is 0 Å². The fraction of sp³-hybridized carbons (Fsp3) is 0.770. The molecule has 3 atom stereocenters. The molecule has 1 N–H and O–H groups in total. The number of esters is 1. The maximum Gasteiger partial charge on any atom is 0.306 e. The molecule has 0 bridgehead atoms. The van der Waals surface area contributed by atoms with Crippen LogP contribution in [-0.4, -0.2) is 69.4 Å². The van der Waals surface area contributed by atoms with Crippen LogP contribution in [0.1, 0.15) is 252 Å². The minimum absolute atomic E-state index is 0.0322. The summed E-state index contributed by atoms with van der Waals surface area (Å²) >= 11 is 0. The van der Waals surface area contributed by atoms with E-state index in [9.17, 15) is 19.0 Å². The summed E-state index contributed by atoms with van der Waals surface area (Å²) in [6.45, 7) is 6.69. The monoisotopic (exact) mass is 1010 g/mol. The molecular formula is C61H111N2O7P. The van der Waals surface area contributed by atoms with Crippen molar-refractivity contribution in [2.75, 3.05) is 40.9 Å². The van der Waals surface area contributed by atoms with E-state index in [0.717, 1.165) is 77.0 Å². The van der Waals surface area contributed by atoms with Crippen molar-refractivity contribution in [3.8, 4) is 0 Å². The molecule has 1 amide bonds. The van der Waals surface area contributed by atoms with Crippen LogP contribution in [0, 0.1) is 0 Å². The van der Waals surface area contributed by atoms with E-state index in [-0.39, 0.29) is 18.9 Å². The first kappa shape index (κ1) is 68.5. The number of rotatable bonds is 52. The highest BCUT2D eigenvalue weighted by atomic mass is 31.2. The number of amides is 1. The van der Waals surface area contributed by atoms with Gasteiger partial charge in [0.2, 0.25) is 5.91 Å². The van der Waals surface area contributed by atoms with Gasteiger partial charge in [0.1, 0.15) is 19.3 Å². The predicted molar refractivity (Wildman–Crippen MR) is 302 cm³/mol. The molecule has 412 valence electrons. The number of hydrogen-bond donors (Lipinski definition) is 1. The molecular weight excluding hydrogens is 904 g/mol. The van der Waals surface area contributed by atoms with E-state index in [1.54, 1.807) is 0 Å². The molecule has 0 aliphatic rings. The highest BCUT2D eigenvalue weighted by Gasteiger charge is 2.27. The molecule has 0 spiro atoms. The van der Waals surface area contributed by atoms with E-state index in [4.69, 9.17) is 13.8 Å². The third-order valence-electron chi connectivity index (χ3n) is 12.7. The number of quaternary nitrogens is 1. The van der Waals surface area contributed by atoms with Crippen LogP contribution in [0.5, 0.6) is 0 Å². The van der Waals surface area contributed by atoms with Gasteiger partial charge in [0, 0.05) is 12.8 Å². The summed E-state index contributed by atoms with van der Waals surface area (Å²) in [6.07, 6.45) is 64.5. The lowest BCUT2D eigenvalue weighted by atomic mass is 10.0. The lowest BCUT2D eigenvalue weighted by Gasteiger charge is -2.30. The minimum Gasteiger partial charge on any atom is -0.756 e. The Labute approximate surface area is 438 Å². The number of phosphoric ester groups is 1. The Morgan fingerprint density at radius 1 is 0.507 bits per heavy atom. The van der Waals surface area contributed by atoms with Gasteiger partial charge in [0.05, 0.1) is 33.8 Å². The summed E-state index contributed by atoms with van der Waals surface area (Å²) in [5, 5.41) is 3.01. The van der Waals surface area contributed by atoms with Crippen LogP contribution >= 0.6 is 7.82 Å². The second-order valence-electron chi connectivity index (χ2n) is 20.8. The zero-order valence-electron chi connectivity index (χ0n) is 46.9. The summed E-state index contributed by atoms with van der Waals surface area (Å²) in [5.74, 6) is -0.606. The smallest absolute Gasteiger partial charge is 0.306 e. The quantitative estimate of drug-likeness (QED) is 0.0212. The van der Waals surface area contributed by atoms with Gasteiger partial charge in [0.15, 0.2) is 0 Å². The van der Waals surface area contributed by atoms with Gasteiger partial charge in [-0.05, 0) is 70.3 Å². The molecule has 0 aromatic carbocycles. The maximum atomic E-state index is 13.5. The molecule has 0 saturated heterocycles. The fourth-order valence-corrected chi connectivity index (χ4v) is 8.87. The Kier molecular flexibility index (Phi) is 49.1. The summed E-state index contributed by atoms with van der Waals surface area (Å²) in [5.41, 5.74) is 0. The molecule has 9 nitrogen and oxygen atoms in total. The van der Waals surface area contributed by atoms with Gasteiger partial charge in [-0.15, -0.1) is 0 Å². The van der Waals surface area contributed by atoms with E-state index in [1.165, 1.54) is 135 Å². The zero-order chi connectivity index (χ0) is 52.2. The van der Waals surface area contributed by atoms with Crippen molar-refractivity contribution in [1.29, 1.82) is 0 Å². The van der Waals surface area contributed by atoms with E-state index in [2.05, 4.69) is 86.8 Å². The summed E-state index contributed by atoms with van der Waals surface area (Å²) in [4.78, 5) is 39.8. The van der Waals surface area contributed by atoms with Gasteiger partial charge in [0.25, 0.3) is 7.82 Å². The molecule has 0 rings (SSSR count). The molecule has 0 aliphatic heterocycles. The number of nitrogens with one attached hydrogen (secondary N) is 1. The normalized spacial score (nSPS) is 14.3. The Bertz CT molecular complexity index is 1450. The first-order valence-corrected chi connectivity index (χ1v) is 30.7. The Hall–Kier alpha value is -2.55. The molecule has 0 heterocycles. The number of allylic oxidation sites excluding steroid dienone is 11. The van der Waals surface area contributed by atoms with Crippen LogP contribution in [0.15, 0.2) is 72.9 Å². The third-order valence-corrected chi connectivity index (χ3v) is 13.6. The lowest BCUT2D eigenvalue weighted by molar-refractivity contribution is -0.870. The van der Waals surface area contributed by atoms with Crippen molar-refractivity contribution in [2.45, 2.75) is 264 Å². The van der Waals surface area contributed by atoms with Gasteiger partial charge in [-0.1, -0.05) is 242 Å². The van der Waals surface area contributed by atoms with Crippen molar-refractivity contribution in [1.82, 2.24) is 5.32 Å².